The molecule has 25 heavy (non-hydrogen) atoms. The van der Waals surface area contributed by atoms with E-state index in [-0.39, 0.29) is 23.0 Å². The summed E-state index contributed by atoms with van der Waals surface area (Å²) in [5.41, 5.74) is 0.842. The van der Waals surface area contributed by atoms with E-state index in [2.05, 4.69) is 4.98 Å². The molecule has 0 atom stereocenters. The van der Waals surface area contributed by atoms with Crippen LogP contribution in [0.3, 0.4) is 0 Å². The molecule has 0 aliphatic rings. The molecule has 0 fully saturated rings. The molecule has 1 heterocycles. The Morgan fingerprint density at radius 3 is 2.48 bits per heavy atom. The van der Waals surface area contributed by atoms with Crippen molar-refractivity contribution in [3.8, 4) is 11.3 Å². The van der Waals surface area contributed by atoms with Gasteiger partial charge in [-0.3, -0.25) is 0 Å². The first kappa shape index (κ1) is 16.9. The Hall–Kier alpha value is -2.93. The molecule has 6 nitrogen and oxygen atoms in total. The molecule has 1 aromatic heterocycles. The zero-order chi connectivity index (χ0) is 17.9. The van der Waals surface area contributed by atoms with Crippen LogP contribution in [0.1, 0.15) is 16.2 Å². The van der Waals surface area contributed by atoms with Gasteiger partial charge >= 0.3 is 5.97 Å². The summed E-state index contributed by atoms with van der Waals surface area (Å²) in [4.78, 5) is 16.2. The molecule has 7 heteroatoms. The van der Waals surface area contributed by atoms with Crippen molar-refractivity contribution >= 4 is 15.8 Å². The monoisotopic (exact) mass is 357 g/mol. The quantitative estimate of drug-likeness (QED) is 0.652. The van der Waals surface area contributed by atoms with Gasteiger partial charge in [-0.1, -0.05) is 42.5 Å². The van der Waals surface area contributed by atoms with E-state index in [4.69, 9.17) is 9.15 Å². The Bertz CT molecular complexity index is 993. The summed E-state index contributed by atoms with van der Waals surface area (Å²) in [5.74, 6) is 0.0349. The topological polar surface area (TPSA) is 86.5 Å². The minimum Gasteiger partial charge on any atom is -0.452 e. The summed E-state index contributed by atoms with van der Waals surface area (Å²) in [5, 5.41) is 0. The molecule has 0 unspecified atom stereocenters. The molecular weight excluding hydrogens is 342 g/mol. The first-order chi connectivity index (χ1) is 11.9. The van der Waals surface area contributed by atoms with Crippen LogP contribution in [0, 0.1) is 0 Å². The lowest BCUT2D eigenvalue weighted by Gasteiger charge is -2.07. The van der Waals surface area contributed by atoms with Gasteiger partial charge in [-0.05, 0) is 12.1 Å². The number of carbonyl (C=O) groups is 1. The lowest BCUT2D eigenvalue weighted by molar-refractivity contribution is 0.0434. The highest BCUT2D eigenvalue weighted by atomic mass is 32.2. The van der Waals surface area contributed by atoms with E-state index in [0.29, 0.717) is 5.76 Å². The minimum absolute atomic E-state index is 0.0140. The molecule has 0 saturated heterocycles. The molecule has 0 saturated carbocycles. The minimum atomic E-state index is -3.53. The average Bonchev–Trinajstić information content (AvgIpc) is 3.09. The Morgan fingerprint density at radius 1 is 1.08 bits per heavy atom. The number of rotatable bonds is 5. The highest BCUT2D eigenvalue weighted by molar-refractivity contribution is 7.90. The van der Waals surface area contributed by atoms with E-state index >= 15 is 0 Å². The lowest BCUT2D eigenvalue weighted by atomic mass is 10.2. The van der Waals surface area contributed by atoms with Crippen molar-refractivity contribution in [2.24, 2.45) is 0 Å². The van der Waals surface area contributed by atoms with Gasteiger partial charge in [0.15, 0.2) is 22.2 Å². The fourth-order valence-electron chi connectivity index (χ4n) is 2.28. The number of oxazole rings is 1. The van der Waals surface area contributed by atoms with Crippen LogP contribution in [0.5, 0.6) is 0 Å². The number of sulfone groups is 1. The zero-order valence-electron chi connectivity index (χ0n) is 13.4. The smallest absolute Gasteiger partial charge is 0.339 e. The third-order valence-electron chi connectivity index (χ3n) is 3.45. The maximum Gasteiger partial charge on any atom is 0.339 e. The first-order valence-electron chi connectivity index (χ1n) is 7.41. The zero-order valence-corrected chi connectivity index (χ0v) is 14.2. The molecule has 3 rings (SSSR count). The van der Waals surface area contributed by atoms with Crippen molar-refractivity contribution in [2.75, 3.05) is 6.26 Å². The molecule has 0 aliphatic carbocycles. The number of esters is 1. The normalized spacial score (nSPS) is 11.2. The molecule has 0 amide bonds. The second-order valence-corrected chi connectivity index (χ2v) is 7.31. The number of nitrogens with zero attached hydrogens (tertiary/aromatic N) is 1. The molecule has 0 N–H and O–H groups in total. The van der Waals surface area contributed by atoms with E-state index < -0.39 is 15.8 Å². The van der Waals surface area contributed by atoms with Gasteiger partial charge in [0.2, 0.25) is 5.89 Å². The summed E-state index contributed by atoms with van der Waals surface area (Å²) in [6, 6.07) is 15.3. The molecular formula is C18H15NO5S. The van der Waals surface area contributed by atoms with Crippen LogP contribution in [0.15, 0.2) is 70.1 Å². The summed E-state index contributed by atoms with van der Waals surface area (Å²) >= 11 is 0. The number of ether oxygens (including phenoxy) is 1. The van der Waals surface area contributed by atoms with Crippen molar-refractivity contribution in [2.45, 2.75) is 11.5 Å². The second kappa shape index (κ2) is 6.90. The molecule has 0 bridgehead atoms. The van der Waals surface area contributed by atoms with Gasteiger partial charge in [0, 0.05) is 11.8 Å². The third-order valence-corrected chi connectivity index (χ3v) is 4.60. The van der Waals surface area contributed by atoms with Crippen molar-refractivity contribution in [3.05, 3.63) is 72.2 Å². The van der Waals surface area contributed by atoms with Crippen LogP contribution < -0.4 is 0 Å². The SMILES string of the molecule is CS(=O)(=O)c1ccccc1C(=O)OCc1ncc(-c2ccccc2)o1. The fourth-order valence-corrected chi connectivity index (χ4v) is 3.15. The molecule has 0 radical (unpaired) electrons. The lowest BCUT2D eigenvalue weighted by Crippen LogP contribution is -2.11. The van der Waals surface area contributed by atoms with Crippen LogP contribution in [-0.2, 0) is 21.2 Å². The predicted octanol–water partition coefficient (Wildman–Crippen LogP) is 3.10. The number of carbonyl (C=O) groups excluding carboxylic acids is 1. The van der Waals surface area contributed by atoms with Gasteiger partial charge in [-0.2, -0.15) is 0 Å². The standard InChI is InChI=1S/C18H15NO5S/c1-25(21,22)16-10-6-5-9-14(16)18(20)23-12-17-19-11-15(24-17)13-7-3-2-4-8-13/h2-11H,12H2,1H3. The van der Waals surface area contributed by atoms with Crippen LogP contribution in [-0.4, -0.2) is 25.6 Å². The van der Waals surface area contributed by atoms with Gasteiger partial charge < -0.3 is 9.15 Å². The highest BCUT2D eigenvalue weighted by Crippen LogP contribution is 2.21. The maximum atomic E-state index is 12.2. The Morgan fingerprint density at radius 2 is 1.76 bits per heavy atom. The van der Waals surface area contributed by atoms with Crippen molar-refractivity contribution in [3.63, 3.8) is 0 Å². The second-order valence-electron chi connectivity index (χ2n) is 5.33. The Labute approximate surface area is 145 Å². The van der Waals surface area contributed by atoms with E-state index in [1.165, 1.54) is 12.1 Å². The summed E-state index contributed by atoms with van der Waals surface area (Å²) in [7, 11) is -3.53. The van der Waals surface area contributed by atoms with Gasteiger partial charge in [-0.25, -0.2) is 18.2 Å². The third kappa shape index (κ3) is 3.95. The van der Waals surface area contributed by atoms with Gasteiger partial charge in [0.05, 0.1) is 16.7 Å². The Kier molecular flexibility index (Phi) is 4.67. The highest BCUT2D eigenvalue weighted by Gasteiger charge is 2.20. The van der Waals surface area contributed by atoms with Gasteiger partial charge in [0.25, 0.3) is 0 Å². The number of hydrogen-bond acceptors (Lipinski definition) is 6. The molecule has 128 valence electrons. The first-order valence-corrected chi connectivity index (χ1v) is 9.30. The Balaban J connectivity index is 1.73. The summed E-state index contributed by atoms with van der Waals surface area (Å²) in [6.07, 6.45) is 2.59. The fraction of sp³-hybridized carbons (Fsp3) is 0.111. The van der Waals surface area contributed by atoms with Crippen molar-refractivity contribution < 1.29 is 22.4 Å². The number of aromatic nitrogens is 1. The van der Waals surface area contributed by atoms with Crippen LogP contribution in [0.2, 0.25) is 0 Å². The molecule has 0 aliphatic heterocycles. The van der Waals surface area contributed by atoms with Gasteiger partial charge in [0.1, 0.15) is 0 Å². The largest absolute Gasteiger partial charge is 0.452 e. The van der Waals surface area contributed by atoms with E-state index in [0.717, 1.165) is 11.8 Å². The molecule has 3 aromatic rings. The number of hydrogen-bond donors (Lipinski definition) is 0. The maximum absolute atomic E-state index is 12.2. The number of benzene rings is 2. The molecule has 2 aromatic carbocycles. The summed E-state index contributed by atoms with van der Waals surface area (Å²) in [6.45, 7) is -0.191. The van der Waals surface area contributed by atoms with Crippen molar-refractivity contribution in [1.82, 2.24) is 4.98 Å². The van der Waals surface area contributed by atoms with E-state index in [9.17, 15) is 13.2 Å². The van der Waals surface area contributed by atoms with Crippen LogP contribution in [0.25, 0.3) is 11.3 Å². The van der Waals surface area contributed by atoms with E-state index in [1.807, 2.05) is 30.3 Å². The van der Waals surface area contributed by atoms with E-state index in [1.54, 1.807) is 18.3 Å². The summed E-state index contributed by atoms with van der Waals surface area (Å²) < 4.78 is 34.2. The predicted molar refractivity (Wildman–Crippen MR) is 90.6 cm³/mol. The van der Waals surface area contributed by atoms with Crippen molar-refractivity contribution in [1.29, 1.82) is 0 Å². The van der Waals surface area contributed by atoms with Crippen LogP contribution >= 0.6 is 0 Å². The molecule has 0 spiro atoms. The van der Waals surface area contributed by atoms with Gasteiger partial charge in [-0.15, -0.1) is 0 Å². The average molecular weight is 357 g/mol. The van der Waals surface area contributed by atoms with Crippen LogP contribution in [0.4, 0.5) is 0 Å².